The molecule has 1 aromatic rings. The van der Waals surface area contributed by atoms with Crippen molar-refractivity contribution in [1.29, 1.82) is 0 Å². The zero-order valence-corrected chi connectivity index (χ0v) is 24.0. The molecule has 0 bridgehead atoms. The summed E-state index contributed by atoms with van der Waals surface area (Å²) in [5, 5.41) is 0.663. The van der Waals surface area contributed by atoms with Gasteiger partial charge in [-0.3, -0.25) is 14.5 Å². The Morgan fingerprint density at radius 2 is 1.57 bits per heavy atom. The monoisotopic (exact) mass is 580 g/mol. The Balaban J connectivity index is 1.94. The fourth-order valence-electron chi connectivity index (χ4n) is 3.99. The maximum Gasteiger partial charge on any atom is 0.408 e. The molecule has 0 radical (unpaired) electrons. The topological polar surface area (TPSA) is 172 Å². The smallest absolute Gasteiger partial charge is 0.408 e. The summed E-state index contributed by atoms with van der Waals surface area (Å²) in [5.41, 5.74) is -2.64. The number of para-hydroxylation sites is 1. The molecule has 1 fully saturated rings. The summed E-state index contributed by atoms with van der Waals surface area (Å²) >= 11 is 0. The lowest BCUT2D eigenvalue weighted by molar-refractivity contribution is -0.158. The second kappa shape index (κ2) is 10.9. The van der Waals surface area contributed by atoms with Crippen molar-refractivity contribution in [3.63, 3.8) is 0 Å². The van der Waals surface area contributed by atoms with Crippen molar-refractivity contribution in [3.8, 4) is 5.75 Å². The van der Waals surface area contributed by atoms with Crippen LogP contribution >= 0.6 is 0 Å². The number of amides is 2. The molecule has 14 heteroatoms. The minimum absolute atomic E-state index is 0.0772. The van der Waals surface area contributed by atoms with E-state index in [4.69, 9.17) is 18.9 Å². The number of hydrogen-bond acceptors (Lipinski definition) is 11. The maximum absolute atomic E-state index is 13.2. The number of rotatable bonds is 6. The van der Waals surface area contributed by atoms with Gasteiger partial charge in [0.25, 0.3) is 5.91 Å². The molecule has 0 saturated carbocycles. The molecule has 0 spiro atoms. The lowest BCUT2D eigenvalue weighted by Crippen LogP contribution is -2.75. The van der Waals surface area contributed by atoms with E-state index in [1.54, 1.807) is 41.5 Å². The number of benzene rings is 1. The second-order valence-electron chi connectivity index (χ2n) is 11.1. The molecule has 0 aromatic heterocycles. The molecule has 1 aromatic carbocycles. The first-order valence-corrected chi connectivity index (χ1v) is 14.0. The van der Waals surface area contributed by atoms with Gasteiger partial charge in [0.2, 0.25) is 0 Å². The van der Waals surface area contributed by atoms with Gasteiger partial charge in [0.1, 0.15) is 40.9 Å². The van der Waals surface area contributed by atoms with Crippen molar-refractivity contribution < 1.29 is 51.3 Å². The SMILES string of the molecule is CC(=O)Oc1ccccc1C(=O)OCC1=C(C(=O)OC(C)(C)C)N2C(=O)[C@@H](NC(=O)OC(C)(C)C)[C@H]2S(=O)(=O)C1. The molecule has 0 aliphatic carbocycles. The Kier molecular flexibility index (Phi) is 8.35. The molecule has 3 rings (SSSR count). The average molecular weight is 581 g/mol. The van der Waals surface area contributed by atoms with Gasteiger partial charge < -0.3 is 24.3 Å². The van der Waals surface area contributed by atoms with Crippen LogP contribution in [0.3, 0.4) is 0 Å². The minimum Gasteiger partial charge on any atom is -0.457 e. The van der Waals surface area contributed by atoms with E-state index in [1.165, 1.54) is 24.3 Å². The molecule has 2 heterocycles. The lowest BCUT2D eigenvalue weighted by Gasteiger charge is -2.49. The predicted octanol–water partition coefficient (Wildman–Crippen LogP) is 1.85. The third kappa shape index (κ3) is 6.97. The van der Waals surface area contributed by atoms with Crippen molar-refractivity contribution in [2.75, 3.05) is 12.4 Å². The fraction of sp³-hybridized carbons (Fsp3) is 0.500. The van der Waals surface area contributed by atoms with E-state index >= 15 is 0 Å². The third-order valence-electron chi connectivity index (χ3n) is 5.36. The van der Waals surface area contributed by atoms with Gasteiger partial charge >= 0.3 is 24.0 Å². The summed E-state index contributed by atoms with van der Waals surface area (Å²) in [6, 6.07) is 4.24. The highest BCUT2D eigenvalue weighted by Crippen LogP contribution is 2.38. The Hall–Kier alpha value is -3.94. The van der Waals surface area contributed by atoms with Crippen LogP contribution in [-0.2, 0) is 38.4 Å². The number of nitrogens with one attached hydrogen (secondary N) is 1. The van der Waals surface area contributed by atoms with Crippen molar-refractivity contribution >= 4 is 39.7 Å². The van der Waals surface area contributed by atoms with E-state index in [2.05, 4.69) is 5.32 Å². The first kappa shape index (κ1) is 30.6. The van der Waals surface area contributed by atoms with Crippen LogP contribution in [0.25, 0.3) is 0 Å². The van der Waals surface area contributed by atoms with E-state index in [0.717, 1.165) is 11.8 Å². The Morgan fingerprint density at radius 3 is 2.15 bits per heavy atom. The molecular weight excluding hydrogens is 548 g/mol. The number of nitrogens with zero attached hydrogens (tertiary/aromatic N) is 1. The minimum atomic E-state index is -4.18. The molecule has 13 nitrogen and oxygen atoms in total. The first-order chi connectivity index (χ1) is 18.3. The van der Waals surface area contributed by atoms with Crippen molar-refractivity contribution in [1.82, 2.24) is 10.2 Å². The van der Waals surface area contributed by atoms with Crippen LogP contribution in [0.4, 0.5) is 4.79 Å². The van der Waals surface area contributed by atoms with Crippen LogP contribution < -0.4 is 10.1 Å². The fourth-order valence-corrected chi connectivity index (χ4v) is 6.00. The van der Waals surface area contributed by atoms with Crippen LogP contribution in [0.1, 0.15) is 58.8 Å². The Morgan fingerprint density at radius 1 is 0.975 bits per heavy atom. The number of hydrogen-bond donors (Lipinski definition) is 1. The van der Waals surface area contributed by atoms with Crippen LogP contribution in [-0.4, -0.2) is 78.2 Å². The average Bonchev–Trinajstić information content (AvgIpc) is 2.77. The molecule has 218 valence electrons. The van der Waals surface area contributed by atoms with Crippen LogP contribution in [0.15, 0.2) is 35.5 Å². The molecule has 2 aliphatic heterocycles. The van der Waals surface area contributed by atoms with Gasteiger partial charge in [-0.25, -0.2) is 22.8 Å². The third-order valence-corrected chi connectivity index (χ3v) is 7.33. The van der Waals surface area contributed by atoms with E-state index in [1.807, 2.05) is 0 Å². The molecule has 1 saturated heterocycles. The first-order valence-electron chi connectivity index (χ1n) is 12.2. The standard InChI is InChI=1S/C26H32N2O11S/c1-14(29)37-17-11-9-8-10-16(17)22(31)36-12-15-13-40(34,35)21-18(27-24(33)39-26(5,6)7)20(30)28(21)19(15)23(32)38-25(2,3)4/h8-11,18,21H,12-13H2,1-7H3,(H,27,33)/t18-,21-/m1/s1. The summed E-state index contributed by atoms with van der Waals surface area (Å²) < 4.78 is 47.4. The van der Waals surface area contributed by atoms with Crippen LogP contribution in [0.5, 0.6) is 5.75 Å². The lowest BCUT2D eigenvalue weighted by atomic mass is 10.0. The number of sulfone groups is 1. The number of carbonyl (C=O) groups excluding carboxylic acids is 5. The number of β-lactam (4-membered cyclic amide) rings is 1. The van der Waals surface area contributed by atoms with Gasteiger partial charge in [0.15, 0.2) is 15.2 Å². The van der Waals surface area contributed by atoms with Crippen LogP contribution in [0.2, 0.25) is 0 Å². The highest BCUT2D eigenvalue weighted by Gasteiger charge is 2.61. The summed E-state index contributed by atoms with van der Waals surface area (Å²) in [7, 11) is -4.18. The zero-order chi connectivity index (χ0) is 30.2. The Bertz CT molecular complexity index is 1380. The molecule has 2 aliphatic rings. The second-order valence-corrected chi connectivity index (χ2v) is 13.2. The van der Waals surface area contributed by atoms with Gasteiger partial charge in [0.05, 0.1) is 5.75 Å². The molecule has 0 unspecified atom stereocenters. The predicted molar refractivity (Wildman–Crippen MR) is 138 cm³/mol. The number of esters is 3. The summed E-state index contributed by atoms with van der Waals surface area (Å²) in [6.45, 7) is 10.00. The molecule has 40 heavy (non-hydrogen) atoms. The van der Waals surface area contributed by atoms with Crippen molar-refractivity contribution in [2.45, 2.75) is 71.1 Å². The van der Waals surface area contributed by atoms with Gasteiger partial charge in [-0.05, 0) is 53.7 Å². The summed E-state index contributed by atoms with van der Waals surface area (Å²) in [4.78, 5) is 63.5. The molecule has 2 amide bonds. The highest BCUT2D eigenvalue weighted by atomic mass is 32.2. The number of fused-ring (bicyclic) bond motifs is 1. The summed E-state index contributed by atoms with van der Waals surface area (Å²) in [6.07, 6.45) is -1.00. The van der Waals surface area contributed by atoms with E-state index in [9.17, 15) is 32.4 Å². The number of carbonyl (C=O) groups is 5. The highest BCUT2D eigenvalue weighted by molar-refractivity contribution is 7.92. The van der Waals surface area contributed by atoms with Gasteiger partial charge in [-0.2, -0.15) is 0 Å². The zero-order valence-electron chi connectivity index (χ0n) is 23.2. The normalized spacial score (nSPS) is 20.1. The van der Waals surface area contributed by atoms with Crippen LogP contribution in [0, 0.1) is 0 Å². The van der Waals surface area contributed by atoms with Crippen molar-refractivity contribution in [3.05, 3.63) is 41.1 Å². The quantitative estimate of drug-likeness (QED) is 0.225. The van der Waals surface area contributed by atoms with Gasteiger partial charge in [-0.15, -0.1) is 0 Å². The molecule has 1 N–H and O–H groups in total. The maximum atomic E-state index is 13.2. The molecular formula is C26H32N2O11S. The van der Waals surface area contributed by atoms with Crippen molar-refractivity contribution in [2.24, 2.45) is 0 Å². The number of ether oxygens (including phenoxy) is 4. The van der Waals surface area contributed by atoms with E-state index < -0.39 is 80.4 Å². The van der Waals surface area contributed by atoms with Gasteiger partial charge in [0, 0.05) is 12.5 Å². The molecule has 2 atom stereocenters. The number of alkyl carbamates (subject to hydrolysis) is 1. The van der Waals surface area contributed by atoms with E-state index in [0.29, 0.717) is 0 Å². The largest absolute Gasteiger partial charge is 0.457 e. The van der Waals surface area contributed by atoms with E-state index in [-0.39, 0.29) is 16.9 Å². The Labute approximate surface area is 231 Å². The van der Waals surface area contributed by atoms with Gasteiger partial charge in [-0.1, -0.05) is 12.1 Å². The summed E-state index contributed by atoms with van der Waals surface area (Å²) in [5.74, 6) is -4.38.